The molecule has 0 aromatic heterocycles. The number of nitrogens with one attached hydrogen (secondary N) is 1. The molecule has 1 heterocycles. The molecule has 0 aliphatic carbocycles. The number of carbonyl (C=O) groups is 1. The molecule has 6 heteroatoms. The molecule has 0 radical (unpaired) electrons. The summed E-state index contributed by atoms with van der Waals surface area (Å²) in [6.45, 7) is 3.01. The van der Waals surface area contributed by atoms with Crippen LogP contribution in [0.3, 0.4) is 0 Å². The van der Waals surface area contributed by atoms with Gasteiger partial charge in [-0.3, -0.25) is 4.79 Å². The molecule has 1 unspecified atom stereocenters. The summed E-state index contributed by atoms with van der Waals surface area (Å²) in [6, 6.07) is 15.0. The molecule has 0 spiro atoms. The number of amides is 1. The second-order valence-electron chi connectivity index (χ2n) is 6.76. The molecule has 2 aromatic carbocycles. The van der Waals surface area contributed by atoms with Gasteiger partial charge in [-0.05, 0) is 68.2 Å². The monoisotopic (exact) mass is 408 g/mol. The van der Waals surface area contributed by atoms with Crippen LogP contribution in [-0.4, -0.2) is 37.5 Å². The highest BCUT2D eigenvalue weighted by molar-refractivity contribution is 6.30. The molecule has 1 N–H and O–H groups in total. The van der Waals surface area contributed by atoms with Crippen LogP contribution in [0.2, 0.25) is 5.02 Å². The average molecular weight is 409 g/mol. The number of hydrogen-bond acceptors (Lipinski definition) is 3. The van der Waals surface area contributed by atoms with Gasteiger partial charge in [0, 0.05) is 23.7 Å². The Bertz CT molecular complexity index is 752. The quantitative estimate of drug-likeness (QED) is 0.769. The van der Waals surface area contributed by atoms with Gasteiger partial charge in [-0.2, -0.15) is 0 Å². The molecule has 4 nitrogen and oxygen atoms in total. The van der Waals surface area contributed by atoms with E-state index in [-0.39, 0.29) is 18.3 Å². The second kappa shape index (κ2) is 10.5. The van der Waals surface area contributed by atoms with Crippen LogP contribution in [0.5, 0.6) is 5.75 Å². The van der Waals surface area contributed by atoms with Crippen LogP contribution < -0.4 is 10.1 Å². The zero-order chi connectivity index (χ0) is 18.4. The van der Waals surface area contributed by atoms with Gasteiger partial charge in [-0.15, -0.1) is 12.4 Å². The summed E-state index contributed by atoms with van der Waals surface area (Å²) in [6.07, 6.45) is 2.23. The molecule has 1 atom stereocenters. The Morgan fingerprint density at radius 3 is 2.85 bits per heavy atom. The van der Waals surface area contributed by atoms with Crippen molar-refractivity contribution in [1.29, 1.82) is 0 Å². The summed E-state index contributed by atoms with van der Waals surface area (Å²) < 4.78 is 5.85. The van der Waals surface area contributed by atoms with Crippen LogP contribution in [0.15, 0.2) is 48.5 Å². The van der Waals surface area contributed by atoms with E-state index in [9.17, 15) is 4.79 Å². The lowest BCUT2D eigenvalue weighted by atomic mass is 9.97. The molecule has 0 bridgehead atoms. The lowest BCUT2D eigenvalue weighted by molar-refractivity contribution is 0.0674. The van der Waals surface area contributed by atoms with Crippen LogP contribution in [0.1, 0.15) is 28.8 Å². The van der Waals surface area contributed by atoms with Gasteiger partial charge in [-0.1, -0.05) is 29.8 Å². The Morgan fingerprint density at radius 1 is 1.26 bits per heavy atom. The van der Waals surface area contributed by atoms with Gasteiger partial charge in [0.2, 0.25) is 0 Å². The van der Waals surface area contributed by atoms with E-state index < -0.39 is 0 Å². The predicted molar refractivity (Wildman–Crippen MR) is 112 cm³/mol. The first kappa shape index (κ1) is 21.5. The number of carbonyl (C=O) groups excluding carboxylic acids is 1. The van der Waals surface area contributed by atoms with Crippen molar-refractivity contribution in [3.63, 3.8) is 0 Å². The van der Waals surface area contributed by atoms with E-state index in [1.807, 2.05) is 60.5 Å². The lowest BCUT2D eigenvalue weighted by Gasteiger charge is -2.32. The molecule has 27 heavy (non-hydrogen) atoms. The van der Waals surface area contributed by atoms with Crippen molar-refractivity contribution < 1.29 is 9.53 Å². The lowest BCUT2D eigenvalue weighted by Crippen LogP contribution is -2.42. The third-order valence-electron chi connectivity index (χ3n) is 4.67. The smallest absolute Gasteiger partial charge is 0.253 e. The van der Waals surface area contributed by atoms with Crippen molar-refractivity contribution in [3.8, 4) is 5.75 Å². The third kappa shape index (κ3) is 6.13. The summed E-state index contributed by atoms with van der Waals surface area (Å²) in [4.78, 5) is 14.8. The first-order valence-corrected chi connectivity index (χ1v) is 9.44. The fourth-order valence-electron chi connectivity index (χ4n) is 3.40. The number of likely N-dealkylation sites (tertiary alicyclic amines) is 1. The van der Waals surface area contributed by atoms with Gasteiger partial charge in [0.25, 0.3) is 5.91 Å². The summed E-state index contributed by atoms with van der Waals surface area (Å²) in [5, 5.41) is 3.91. The maximum absolute atomic E-state index is 12.9. The Balaban J connectivity index is 0.00000261. The third-order valence-corrected chi connectivity index (χ3v) is 4.91. The Hall–Kier alpha value is -1.75. The van der Waals surface area contributed by atoms with Gasteiger partial charge in [0.15, 0.2) is 0 Å². The molecule has 1 fully saturated rings. The number of hydrogen-bond donors (Lipinski definition) is 1. The van der Waals surface area contributed by atoms with Gasteiger partial charge in [-0.25, -0.2) is 0 Å². The Morgan fingerprint density at radius 2 is 2.07 bits per heavy atom. The maximum Gasteiger partial charge on any atom is 0.253 e. The van der Waals surface area contributed by atoms with Gasteiger partial charge in [0.1, 0.15) is 12.4 Å². The molecule has 0 saturated carbocycles. The standard InChI is InChI=1S/C21H25ClN2O2.ClH/c1-23-13-17-6-4-10-24(14-17)21(25)18-7-3-9-20(12-18)26-15-16-5-2-8-19(22)11-16;/h2-3,5,7-9,11-12,17,23H,4,6,10,13-15H2,1H3;1H. The number of piperidine rings is 1. The van der Waals surface area contributed by atoms with Crippen LogP contribution >= 0.6 is 24.0 Å². The van der Waals surface area contributed by atoms with E-state index in [0.717, 1.165) is 31.6 Å². The number of rotatable bonds is 6. The molecule has 1 aliphatic heterocycles. The van der Waals surface area contributed by atoms with E-state index in [1.165, 1.54) is 6.42 Å². The molecule has 2 aromatic rings. The topological polar surface area (TPSA) is 41.6 Å². The zero-order valence-electron chi connectivity index (χ0n) is 15.5. The Kier molecular flexibility index (Phi) is 8.42. The van der Waals surface area contributed by atoms with Gasteiger partial charge < -0.3 is 15.0 Å². The van der Waals surface area contributed by atoms with Crippen LogP contribution in [0, 0.1) is 5.92 Å². The number of ether oxygens (including phenoxy) is 1. The first-order chi connectivity index (χ1) is 12.7. The Labute approximate surface area is 172 Å². The van der Waals surface area contributed by atoms with Crippen molar-refractivity contribution in [2.24, 2.45) is 5.92 Å². The molecular weight excluding hydrogens is 383 g/mol. The predicted octanol–water partition coefficient (Wildman–Crippen LogP) is 4.41. The van der Waals surface area contributed by atoms with E-state index >= 15 is 0 Å². The highest BCUT2D eigenvalue weighted by atomic mass is 35.5. The minimum Gasteiger partial charge on any atom is -0.489 e. The fraction of sp³-hybridized carbons (Fsp3) is 0.381. The zero-order valence-corrected chi connectivity index (χ0v) is 17.1. The molecule has 1 amide bonds. The van der Waals surface area contributed by atoms with Gasteiger partial charge >= 0.3 is 0 Å². The van der Waals surface area contributed by atoms with Crippen LogP contribution in [0.25, 0.3) is 0 Å². The normalized spacial score (nSPS) is 16.5. The summed E-state index contributed by atoms with van der Waals surface area (Å²) in [5.41, 5.74) is 1.68. The van der Waals surface area contributed by atoms with Crippen molar-refractivity contribution in [3.05, 3.63) is 64.7 Å². The summed E-state index contributed by atoms with van der Waals surface area (Å²) in [7, 11) is 1.96. The van der Waals surface area contributed by atoms with E-state index in [0.29, 0.717) is 28.9 Å². The minimum absolute atomic E-state index is 0. The van der Waals surface area contributed by atoms with E-state index in [1.54, 1.807) is 0 Å². The average Bonchev–Trinajstić information content (AvgIpc) is 2.67. The largest absolute Gasteiger partial charge is 0.489 e. The SMILES string of the molecule is CNCC1CCCN(C(=O)c2cccc(OCc3cccc(Cl)c3)c2)C1.Cl. The van der Waals surface area contributed by atoms with Crippen molar-refractivity contribution >= 4 is 29.9 Å². The highest BCUT2D eigenvalue weighted by Crippen LogP contribution is 2.21. The van der Waals surface area contributed by atoms with E-state index in [4.69, 9.17) is 16.3 Å². The highest BCUT2D eigenvalue weighted by Gasteiger charge is 2.24. The molecule has 146 valence electrons. The van der Waals surface area contributed by atoms with Gasteiger partial charge in [0.05, 0.1) is 0 Å². The van der Waals surface area contributed by atoms with Crippen LogP contribution in [0.4, 0.5) is 0 Å². The minimum atomic E-state index is 0. The fourth-order valence-corrected chi connectivity index (χ4v) is 3.61. The maximum atomic E-state index is 12.9. The number of nitrogens with zero attached hydrogens (tertiary/aromatic N) is 1. The molecule has 1 saturated heterocycles. The molecule has 1 aliphatic rings. The number of benzene rings is 2. The summed E-state index contributed by atoms with van der Waals surface area (Å²) >= 11 is 6.00. The molecule has 3 rings (SSSR count). The first-order valence-electron chi connectivity index (χ1n) is 9.07. The molecular formula is C21H26Cl2N2O2. The van der Waals surface area contributed by atoms with Crippen molar-refractivity contribution in [2.75, 3.05) is 26.7 Å². The summed E-state index contributed by atoms with van der Waals surface area (Å²) in [5.74, 6) is 1.30. The second-order valence-corrected chi connectivity index (χ2v) is 7.20. The van der Waals surface area contributed by atoms with E-state index in [2.05, 4.69) is 5.32 Å². The van der Waals surface area contributed by atoms with Crippen molar-refractivity contribution in [1.82, 2.24) is 10.2 Å². The number of halogens is 2. The van der Waals surface area contributed by atoms with Crippen LogP contribution in [-0.2, 0) is 6.61 Å². The van der Waals surface area contributed by atoms with Crippen molar-refractivity contribution in [2.45, 2.75) is 19.4 Å².